The molecule has 0 radical (unpaired) electrons. The summed E-state index contributed by atoms with van der Waals surface area (Å²) < 4.78 is 28.7. The van der Waals surface area contributed by atoms with Crippen LogP contribution < -0.4 is 0 Å². The minimum atomic E-state index is -0.604. The van der Waals surface area contributed by atoms with Gasteiger partial charge in [0, 0.05) is 7.11 Å². The molecule has 2 fully saturated rings. The molecular formula is C16H22O5. The Balaban J connectivity index is 1.56. The maximum Gasteiger partial charge on any atom is 0.186 e. The number of ether oxygens (including phenoxy) is 5. The van der Waals surface area contributed by atoms with E-state index in [4.69, 9.17) is 23.7 Å². The lowest BCUT2D eigenvalue weighted by atomic mass is 10.1. The van der Waals surface area contributed by atoms with Gasteiger partial charge in [0.15, 0.2) is 12.1 Å². The molecule has 0 N–H and O–H groups in total. The highest BCUT2D eigenvalue weighted by Crippen LogP contribution is 2.38. The molecule has 0 bridgehead atoms. The molecule has 2 aliphatic rings. The van der Waals surface area contributed by atoms with Gasteiger partial charge in [-0.15, -0.1) is 0 Å². The van der Waals surface area contributed by atoms with Gasteiger partial charge in [-0.2, -0.15) is 0 Å². The number of rotatable bonds is 5. The Kier molecular flexibility index (Phi) is 4.28. The van der Waals surface area contributed by atoms with Crippen molar-refractivity contribution >= 4 is 0 Å². The van der Waals surface area contributed by atoms with Crippen LogP contribution in [0.3, 0.4) is 0 Å². The zero-order valence-electron chi connectivity index (χ0n) is 12.7. The highest BCUT2D eigenvalue weighted by molar-refractivity contribution is 5.13. The smallest absolute Gasteiger partial charge is 0.186 e. The second-order valence-electron chi connectivity index (χ2n) is 5.84. The minimum absolute atomic E-state index is 0.152. The van der Waals surface area contributed by atoms with Crippen LogP contribution in [0.15, 0.2) is 30.3 Å². The maximum absolute atomic E-state index is 5.91. The number of benzene rings is 1. The third-order valence-electron chi connectivity index (χ3n) is 3.73. The van der Waals surface area contributed by atoms with E-state index < -0.39 is 12.1 Å². The quantitative estimate of drug-likeness (QED) is 0.832. The zero-order chi connectivity index (χ0) is 14.9. The molecule has 3 rings (SSSR count). The molecule has 0 aliphatic carbocycles. The van der Waals surface area contributed by atoms with Gasteiger partial charge in [-0.05, 0) is 19.4 Å². The van der Waals surface area contributed by atoms with Gasteiger partial charge in [-0.25, -0.2) is 0 Å². The van der Waals surface area contributed by atoms with Crippen LogP contribution >= 0.6 is 0 Å². The van der Waals surface area contributed by atoms with Crippen molar-refractivity contribution in [2.24, 2.45) is 0 Å². The summed E-state index contributed by atoms with van der Waals surface area (Å²) >= 11 is 0. The average Bonchev–Trinajstić information content (AvgIpc) is 2.94. The topological polar surface area (TPSA) is 46.2 Å². The summed E-state index contributed by atoms with van der Waals surface area (Å²) in [7, 11) is 1.61. The van der Waals surface area contributed by atoms with Crippen molar-refractivity contribution < 1.29 is 23.7 Å². The standard InChI is InChI=1S/C16H22O5/c1-16(2)20-13-12(19-15(17-3)14(13)21-16)10-18-9-11-7-5-4-6-8-11/h4-8,12-15H,9-10H2,1-3H3/t12-,13+,14+,15-/m1/s1. The molecule has 2 aliphatic heterocycles. The van der Waals surface area contributed by atoms with Crippen molar-refractivity contribution in [2.75, 3.05) is 13.7 Å². The summed E-state index contributed by atoms with van der Waals surface area (Å²) in [5.74, 6) is -0.604. The summed E-state index contributed by atoms with van der Waals surface area (Å²) in [6.45, 7) is 4.81. The lowest BCUT2D eigenvalue weighted by molar-refractivity contribution is -0.232. The Morgan fingerprint density at radius 3 is 2.52 bits per heavy atom. The van der Waals surface area contributed by atoms with E-state index in [1.807, 2.05) is 44.2 Å². The Bertz CT molecular complexity index is 461. The molecule has 116 valence electrons. The summed E-state index contributed by atoms with van der Waals surface area (Å²) in [4.78, 5) is 0. The first-order valence-electron chi connectivity index (χ1n) is 7.24. The van der Waals surface area contributed by atoms with Gasteiger partial charge in [0.2, 0.25) is 0 Å². The third-order valence-corrected chi connectivity index (χ3v) is 3.73. The average molecular weight is 294 g/mol. The van der Waals surface area contributed by atoms with E-state index in [0.29, 0.717) is 13.2 Å². The van der Waals surface area contributed by atoms with Gasteiger partial charge in [0.1, 0.15) is 18.3 Å². The van der Waals surface area contributed by atoms with Gasteiger partial charge >= 0.3 is 0 Å². The summed E-state index contributed by atoms with van der Waals surface area (Å²) in [5.41, 5.74) is 1.14. The van der Waals surface area contributed by atoms with E-state index in [2.05, 4.69) is 0 Å². The Morgan fingerprint density at radius 1 is 1.10 bits per heavy atom. The molecule has 0 unspecified atom stereocenters. The molecule has 0 aromatic heterocycles. The largest absolute Gasteiger partial charge is 0.374 e. The molecule has 1 aromatic carbocycles. The van der Waals surface area contributed by atoms with Crippen LogP contribution in [0, 0.1) is 0 Å². The second-order valence-corrected chi connectivity index (χ2v) is 5.84. The van der Waals surface area contributed by atoms with Crippen LogP contribution in [-0.2, 0) is 30.3 Å². The van der Waals surface area contributed by atoms with Gasteiger partial charge in [0.05, 0.1) is 13.2 Å². The fourth-order valence-corrected chi connectivity index (χ4v) is 2.83. The summed E-state index contributed by atoms with van der Waals surface area (Å²) in [6.07, 6.45) is -0.927. The molecule has 4 atom stereocenters. The number of methoxy groups -OCH3 is 1. The normalized spacial score (nSPS) is 34.0. The van der Waals surface area contributed by atoms with Crippen LogP contribution in [0.25, 0.3) is 0 Å². The third kappa shape index (κ3) is 3.27. The molecule has 2 heterocycles. The van der Waals surface area contributed by atoms with Crippen molar-refractivity contribution in [1.82, 2.24) is 0 Å². The number of hydrogen-bond acceptors (Lipinski definition) is 5. The van der Waals surface area contributed by atoms with E-state index in [-0.39, 0.29) is 18.3 Å². The predicted octanol–water partition coefficient (Wildman–Crippen LogP) is 2.09. The molecule has 0 spiro atoms. The van der Waals surface area contributed by atoms with Crippen molar-refractivity contribution in [3.8, 4) is 0 Å². The van der Waals surface area contributed by atoms with E-state index in [9.17, 15) is 0 Å². The second kappa shape index (κ2) is 6.02. The van der Waals surface area contributed by atoms with Gasteiger partial charge in [0.25, 0.3) is 0 Å². The summed E-state index contributed by atoms with van der Waals surface area (Å²) in [5, 5.41) is 0. The maximum atomic E-state index is 5.91. The van der Waals surface area contributed by atoms with E-state index in [1.54, 1.807) is 7.11 Å². The van der Waals surface area contributed by atoms with Crippen LogP contribution in [0.1, 0.15) is 19.4 Å². The molecule has 5 heteroatoms. The van der Waals surface area contributed by atoms with Crippen LogP contribution in [0.4, 0.5) is 0 Å². The molecule has 0 amide bonds. The predicted molar refractivity (Wildman–Crippen MR) is 75.6 cm³/mol. The SMILES string of the molecule is CO[C@@H]1O[C@H](COCc2ccccc2)[C@@H]2OC(C)(C)O[C@H]12. The van der Waals surface area contributed by atoms with Gasteiger partial charge < -0.3 is 23.7 Å². The van der Waals surface area contributed by atoms with E-state index >= 15 is 0 Å². The van der Waals surface area contributed by atoms with Gasteiger partial charge in [-0.1, -0.05) is 30.3 Å². The lowest BCUT2D eigenvalue weighted by Gasteiger charge is -2.23. The first-order valence-corrected chi connectivity index (χ1v) is 7.24. The fraction of sp³-hybridized carbons (Fsp3) is 0.625. The molecule has 5 nitrogen and oxygen atoms in total. The monoisotopic (exact) mass is 294 g/mol. The Hall–Kier alpha value is -0.980. The van der Waals surface area contributed by atoms with E-state index in [1.165, 1.54) is 0 Å². The van der Waals surface area contributed by atoms with E-state index in [0.717, 1.165) is 5.56 Å². The van der Waals surface area contributed by atoms with Crippen molar-refractivity contribution in [3.63, 3.8) is 0 Å². The van der Waals surface area contributed by atoms with Crippen molar-refractivity contribution in [3.05, 3.63) is 35.9 Å². The van der Waals surface area contributed by atoms with Crippen LogP contribution in [0.5, 0.6) is 0 Å². The molecule has 21 heavy (non-hydrogen) atoms. The van der Waals surface area contributed by atoms with Crippen molar-refractivity contribution in [2.45, 2.75) is 50.8 Å². The van der Waals surface area contributed by atoms with Crippen LogP contribution in [0.2, 0.25) is 0 Å². The summed E-state index contributed by atoms with van der Waals surface area (Å²) in [6, 6.07) is 10.1. The number of fused-ring (bicyclic) bond motifs is 1. The molecule has 1 aromatic rings. The first kappa shape index (κ1) is 14.9. The highest BCUT2D eigenvalue weighted by atomic mass is 16.8. The van der Waals surface area contributed by atoms with Crippen molar-refractivity contribution in [1.29, 1.82) is 0 Å². The fourth-order valence-electron chi connectivity index (χ4n) is 2.83. The minimum Gasteiger partial charge on any atom is -0.374 e. The lowest BCUT2D eigenvalue weighted by Crippen LogP contribution is -2.32. The number of hydrogen-bond donors (Lipinski definition) is 0. The molecular weight excluding hydrogens is 272 g/mol. The van der Waals surface area contributed by atoms with Gasteiger partial charge in [-0.3, -0.25) is 0 Å². The Morgan fingerprint density at radius 2 is 1.81 bits per heavy atom. The van der Waals surface area contributed by atoms with Crippen LogP contribution in [-0.4, -0.2) is 44.1 Å². The highest BCUT2D eigenvalue weighted by Gasteiger charge is 2.55. The first-order chi connectivity index (χ1) is 10.1. The Labute approximate surface area is 125 Å². The zero-order valence-corrected chi connectivity index (χ0v) is 12.7. The molecule has 0 saturated carbocycles. The molecule has 2 saturated heterocycles.